The second-order valence-electron chi connectivity index (χ2n) is 4.71. The van der Waals surface area contributed by atoms with Crippen LogP contribution in [0.3, 0.4) is 0 Å². The van der Waals surface area contributed by atoms with E-state index >= 15 is 0 Å². The van der Waals surface area contributed by atoms with Crippen molar-refractivity contribution in [2.75, 3.05) is 21.1 Å². The molecule has 0 spiro atoms. The van der Waals surface area contributed by atoms with Crippen LogP contribution in [0.5, 0.6) is 0 Å². The topological polar surface area (TPSA) is 0 Å². The van der Waals surface area contributed by atoms with Crippen LogP contribution in [0.1, 0.15) is 33.6 Å². The first kappa shape index (κ1) is 11.0. The lowest BCUT2D eigenvalue weighted by Crippen LogP contribution is -2.43. The van der Waals surface area contributed by atoms with Gasteiger partial charge in [-0.2, -0.15) is 0 Å². The molecule has 0 aromatic heterocycles. The Morgan fingerprint density at radius 1 is 1.09 bits per heavy atom. The number of nitrogens with zero attached hydrogens (tertiary/aromatic N) is 1. The summed E-state index contributed by atoms with van der Waals surface area (Å²) in [5, 5.41) is 0. The van der Waals surface area contributed by atoms with E-state index in [1.54, 1.807) is 0 Å². The van der Waals surface area contributed by atoms with E-state index in [4.69, 9.17) is 0 Å². The van der Waals surface area contributed by atoms with Gasteiger partial charge in [0, 0.05) is 6.42 Å². The molecule has 0 heterocycles. The highest BCUT2D eigenvalue weighted by Crippen LogP contribution is 2.15. The molecule has 0 rings (SSSR count). The highest BCUT2D eigenvalue weighted by Gasteiger charge is 2.19. The number of quaternary nitrogens is 1. The van der Waals surface area contributed by atoms with Crippen LogP contribution in [-0.2, 0) is 0 Å². The lowest BCUT2D eigenvalue weighted by Gasteiger charge is -2.33. The highest BCUT2D eigenvalue weighted by molar-refractivity contribution is 4.56. The molecule has 0 aliphatic rings. The smallest absolute Gasteiger partial charge is 0.0858 e. The SMILES string of the molecule is CCC(C)CC(C)[N+](C)(C)C. The van der Waals surface area contributed by atoms with Crippen LogP contribution in [-0.4, -0.2) is 31.7 Å². The highest BCUT2D eigenvalue weighted by atomic mass is 15.3. The molecule has 0 aliphatic carbocycles. The molecular formula is C10H24N+. The van der Waals surface area contributed by atoms with E-state index in [-0.39, 0.29) is 0 Å². The molecule has 11 heavy (non-hydrogen) atoms. The quantitative estimate of drug-likeness (QED) is 0.552. The molecule has 0 saturated carbocycles. The van der Waals surface area contributed by atoms with Crippen LogP contribution < -0.4 is 0 Å². The van der Waals surface area contributed by atoms with Gasteiger partial charge in [-0.3, -0.25) is 0 Å². The number of hydrogen-bond acceptors (Lipinski definition) is 0. The lowest BCUT2D eigenvalue weighted by atomic mass is 9.99. The van der Waals surface area contributed by atoms with E-state index in [0.717, 1.165) is 16.4 Å². The Bertz CT molecular complexity index is 102. The van der Waals surface area contributed by atoms with Gasteiger partial charge >= 0.3 is 0 Å². The van der Waals surface area contributed by atoms with Gasteiger partial charge < -0.3 is 4.48 Å². The van der Waals surface area contributed by atoms with Gasteiger partial charge in [-0.15, -0.1) is 0 Å². The first-order chi connectivity index (χ1) is 4.88. The summed E-state index contributed by atoms with van der Waals surface area (Å²) in [5.74, 6) is 0.877. The molecule has 0 N–H and O–H groups in total. The summed E-state index contributed by atoms with van der Waals surface area (Å²) in [6, 6.07) is 0.782. The van der Waals surface area contributed by atoms with Gasteiger partial charge in [0.05, 0.1) is 27.2 Å². The minimum Gasteiger partial charge on any atom is -0.329 e. The predicted molar refractivity (Wildman–Crippen MR) is 51.6 cm³/mol. The zero-order valence-electron chi connectivity index (χ0n) is 9.02. The van der Waals surface area contributed by atoms with Crippen molar-refractivity contribution in [3.63, 3.8) is 0 Å². The molecular weight excluding hydrogens is 134 g/mol. The van der Waals surface area contributed by atoms with Crippen molar-refractivity contribution in [1.82, 2.24) is 0 Å². The summed E-state index contributed by atoms with van der Waals surface area (Å²) in [7, 11) is 6.81. The first-order valence-corrected chi connectivity index (χ1v) is 4.69. The van der Waals surface area contributed by atoms with Crippen molar-refractivity contribution in [1.29, 1.82) is 0 Å². The van der Waals surface area contributed by atoms with E-state index in [1.165, 1.54) is 12.8 Å². The van der Waals surface area contributed by atoms with Crippen LogP contribution in [0.4, 0.5) is 0 Å². The molecule has 0 radical (unpaired) electrons. The molecule has 2 atom stereocenters. The molecule has 68 valence electrons. The third-order valence-corrected chi connectivity index (χ3v) is 2.76. The standard InChI is InChI=1S/C10H24N/c1-7-9(2)8-10(3)11(4,5)6/h9-10H,7-8H2,1-6H3/q+1. The van der Waals surface area contributed by atoms with Gasteiger partial charge in [0.1, 0.15) is 0 Å². The average Bonchev–Trinajstić information content (AvgIpc) is 1.85. The average molecular weight is 158 g/mol. The number of rotatable bonds is 4. The molecule has 0 amide bonds. The molecule has 2 unspecified atom stereocenters. The zero-order valence-corrected chi connectivity index (χ0v) is 9.02. The van der Waals surface area contributed by atoms with Gasteiger partial charge in [0.25, 0.3) is 0 Å². The monoisotopic (exact) mass is 158 g/mol. The third-order valence-electron chi connectivity index (χ3n) is 2.76. The van der Waals surface area contributed by atoms with Gasteiger partial charge in [-0.1, -0.05) is 20.3 Å². The van der Waals surface area contributed by atoms with Crippen molar-refractivity contribution in [2.24, 2.45) is 5.92 Å². The molecule has 0 saturated heterocycles. The van der Waals surface area contributed by atoms with Crippen molar-refractivity contribution in [2.45, 2.75) is 39.7 Å². The fourth-order valence-electron chi connectivity index (χ4n) is 1.07. The second-order valence-corrected chi connectivity index (χ2v) is 4.71. The largest absolute Gasteiger partial charge is 0.329 e. The lowest BCUT2D eigenvalue weighted by molar-refractivity contribution is -0.894. The summed E-state index contributed by atoms with van der Waals surface area (Å²) in [6.07, 6.45) is 2.66. The molecule has 1 heteroatoms. The van der Waals surface area contributed by atoms with Crippen LogP contribution in [0.15, 0.2) is 0 Å². The molecule has 1 nitrogen and oxygen atoms in total. The Balaban J connectivity index is 3.77. The maximum Gasteiger partial charge on any atom is 0.0858 e. The fourth-order valence-corrected chi connectivity index (χ4v) is 1.07. The van der Waals surface area contributed by atoms with E-state index < -0.39 is 0 Å². The molecule has 0 bridgehead atoms. The van der Waals surface area contributed by atoms with Gasteiger partial charge in [0.2, 0.25) is 0 Å². The Hall–Kier alpha value is -0.0400. The summed E-state index contributed by atoms with van der Waals surface area (Å²) in [5.41, 5.74) is 0. The molecule has 0 aromatic carbocycles. The maximum absolute atomic E-state index is 2.34. The van der Waals surface area contributed by atoms with Gasteiger partial charge in [-0.25, -0.2) is 0 Å². The van der Waals surface area contributed by atoms with Crippen LogP contribution in [0, 0.1) is 5.92 Å². The Morgan fingerprint density at radius 2 is 1.55 bits per heavy atom. The Kier molecular flexibility index (Phi) is 4.09. The van der Waals surface area contributed by atoms with Crippen molar-refractivity contribution >= 4 is 0 Å². The Labute approximate surface area is 72.0 Å². The van der Waals surface area contributed by atoms with Crippen molar-refractivity contribution < 1.29 is 4.48 Å². The summed E-state index contributed by atoms with van der Waals surface area (Å²) in [6.45, 7) is 6.95. The normalized spacial score (nSPS) is 18.0. The third kappa shape index (κ3) is 4.41. The summed E-state index contributed by atoms with van der Waals surface area (Å²) < 4.78 is 1.09. The predicted octanol–water partition coefficient (Wildman–Crippen LogP) is 2.52. The fraction of sp³-hybridized carbons (Fsp3) is 1.00. The van der Waals surface area contributed by atoms with Crippen LogP contribution in [0.2, 0.25) is 0 Å². The van der Waals surface area contributed by atoms with E-state index in [2.05, 4.69) is 41.9 Å². The minimum atomic E-state index is 0.782. The van der Waals surface area contributed by atoms with Crippen LogP contribution >= 0.6 is 0 Å². The Morgan fingerprint density at radius 3 is 1.82 bits per heavy atom. The minimum absolute atomic E-state index is 0.782. The van der Waals surface area contributed by atoms with Crippen LogP contribution in [0.25, 0.3) is 0 Å². The summed E-state index contributed by atoms with van der Waals surface area (Å²) in [4.78, 5) is 0. The summed E-state index contributed by atoms with van der Waals surface area (Å²) >= 11 is 0. The maximum atomic E-state index is 2.34. The zero-order chi connectivity index (χ0) is 9.07. The first-order valence-electron chi connectivity index (χ1n) is 4.69. The second kappa shape index (κ2) is 4.10. The van der Waals surface area contributed by atoms with E-state index in [1.807, 2.05) is 0 Å². The van der Waals surface area contributed by atoms with Gasteiger partial charge in [0.15, 0.2) is 0 Å². The van der Waals surface area contributed by atoms with Crippen molar-refractivity contribution in [3.05, 3.63) is 0 Å². The molecule has 0 aliphatic heterocycles. The van der Waals surface area contributed by atoms with E-state index in [9.17, 15) is 0 Å². The molecule has 0 aromatic rings. The molecule has 0 fully saturated rings. The number of hydrogen-bond donors (Lipinski definition) is 0. The van der Waals surface area contributed by atoms with Gasteiger partial charge in [-0.05, 0) is 12.8 Å². The van der Waals surface area contributed by atoms with Crippen molar-refractivity contribution in [3.8, 4) is 0 Å². The van der Waals surface area contributed by atoms with E-state index in [0.29, 0.717) is 0 Å².